The maximum atomic E-state index is 12.9. The third kappa shape index (κ3) is 4.55. The molecule has 1 saturated heterocycles. The predicted octanol–water partition coefficient (Wildman–Crippen LogP) is 3.98. The lowest BCUT2D eigenvalue weighted by atomic mass is 10.2. The zero-order valence-corrected chi connectivity index (χ0v) is 19.1. The number of benzene rings is 2. The standard InChI is InChI=1S/C22H25BrN2O4S/c23-18-5-10-21-17(15-18)11-14-25(21)22(26)16-29-19-6-8-20(9-7-19)30(27,28)24-12-3-1-2-4-13-24/h5-10,15H,1-4,11-14,16H2. The first kappa shape index (κ1) is 21.3. The van der Waals surface area contributed by atoms with Crippen molar-refractivity contribution in [3.05, 3.63) is 52.5 Å². The van der Waals surface area contributed by atoms with E-state index in [0.29, 0.717) is 25.4 Å². The molecule has 0 N–H and O–H groups in total. The van der Waals surface area contributed by atoms with E-state index in [-0.39, 0.29) is 17.4 Å². The minimum atomic E-state index is -3.48. The molecule has 0 aromatic heterocycles. The van der Waals surface area contributed by atoms with E-state index < -0.39 is 10.0 Å². The van der Waals surface area contributed by atoms with Crippen LogP contribution >= 0.6 is 15.9 Å². The maximum Gasteiger partial charge on any atom is 0.264 e. The third-order valence-corrected chi connectivity index (χ3v) is 8.03. The van der Waals surface area contributed by atoms with Crippen LogP contribution in [-0.4, -0.2) is 44.9 Å². The van der Waals surface area contributed by atoms with Crippen molar-refractivity contribution < 1.29 is 17.9 Å². The van der Waals surface area contributed by atoms with Crippen LogP contribution in [-0.2, 0) is 21.2 Å². The molecule has 0 bridgehead atoms. The highest BCUT2D eigenvalue weighted by atomic mass is 79.9. The Balaban J connectivity index is 1.38. The highest BCUT2D eigenvalue weighted by molar-refractivity contribution is 9.10. The molecule has 0 aliphatic carbocycles. The molecule has 1 fully saturated rings. The fraction of sp³-hybridized carbons (Fsp3) is 0.409. The molecular weight excluding hydrogens is 468 g/mol. The van der Waals surface area contributed by atoms with Gasteiger partial charge in [0.15, 0.2) is 6.61 Å². The normalized spacial score (nSPS) is 17.4. The quantitative estimate of drug-likeness (QED) is 0.632. The number of carbonyl (C=O) groups is 1. The molecule has 2 aromatic rings. The van der Waals surface area contributed by atoms with Gasteiger partial charge in [0.05, 0.1) is 4.90 Å². The second-order valence-corrected chi connectivity index (χ2v) is 10.5. The van der Waals surface area contributed by atoms with Crippen molar-refractivity contribution in [2.45, 2.75) is 37.0 Å². The third-order valence-electron chi connectivity index (χ3n) is 5.63. The van der Waals surface area contributed by atoms with Gasteiger partial charge in [-0.05, 0) is 67.3 Å². The molecule has 0 unspecified atom stereocenters. The fourth-order valence-electron chi connectivity index (χ4n) is 3.99. The van der Waals surface area contributed by atoms with Gasteiger partial charge in [0.25, 0.3) is 5.91 Å². The lowest BCUT2D eigenvalue weighted by molar-refractivity contribution is -0.120. The number of halogens is 1. The number of amides is 1. The summed E-state index contributed by atoms with van der Waals surface area (Å²) in [6.07, 6.45) is 4.78. The number of anilines is 1. The summed E-state index contributed by atoms with van der Waals surface area (Å²) in [6, 6.07) is 12.2. The Morgan fingerprint density at radius 2 is 1.67 bits per heavy atom. The van der Waals surface area contributed by atoms with E-state index in [1.54, 1.807) is 33.5 Å². The van der Waals surface area contributed by atoms with Crippen molar-refractivity contribution in [2.24, 2.45) is 0 Å². The number of sulfonamides is 1. The van der Waals surface area contributed by atoms with Crippen LogP contribution < -0.4 is 9.64 Å². The van der Waals surface area contributed by atoms with Gasteiger partial charge < -0.3 is 9.64 Å². The van der Waals surface area contributed by atoms with Crippen molar-refractivity contribution in [3.63, 3.8) is 0 Å². The SMILES string of the molecule is O=C(COc1ccc(S(=O)(=O)N2CCCCCC2)cc1)N1CCc2cc(Br)ccc21. The summed E-state index contributed by atoms with van der Waals surface area (Å²) in [5.74, 6) is 0.366. The van der Waals surface area contributed by atoms with Gasteiger partial charge in [0.2, 0.25) is 10.0 Å². The van der Waals surface area contributed by atoms with Crippen LogP contribution in [0.3, 0.4) is 0 Å². The molecule has 2 aliphatic rings. The monoisotopic (exact) mass is 492 g/mol. The number of hydrogen-bond acceptors (Lipinski definition) is 4. The average molecular weight is 493 g/mol. The van der Waals surface area contributed by atoms with Crippen LogP contribution in [0, 0.1) is 0 Å². The summed E-state index contributed by atoms with van der Waals surface area (Å²) in [5.41, 5.74) is 2.06. The number of carbonyl (C=O) groups excluding carboxylic acids is 1. The van der Waals surface area contributed by atoms with Crippen LogP contribution in [0.2, 0.25) is 0 Å². The Morgan fingerprint density at radius 3 is 2.37 bits per heavy atom. The first-order valence-electron chi connectivity index (χ1n) is 10.3. The lowest BCUT2D eigenvalue weighted by Gasteiger charge is -2.20. The second-order valence-electron chi connectivity index (χ2n) is 7.65. The van der Waals surface area contributed by atoms with Gasteiger partial charge in [-0.25, -0.2) is 8.42 Å². The van der Waals surface area contributed by atoms with E-state index in [0.717, 1.165) is 47.8 Å². The molecule has 8 heteroatoms. The maximum absolute atomic E-state index is 12.9. The van der Waals surface area contributed by atoms with E-state index in [9.17, 15) is 13.2 Å². The van der Waals surface area contributed by atoms with Crippen molar-refractivity contribution in [1.29, 1.82) is 0 Å². The fourth-order valence-corrected chi connectivity index (χ4v) is 5.92. The summed E-state index contributed by atoms with van der Waals surface area (Å²) in [4.78, 5) is 14.6. The number of ether oxygens (including phenoxy) is 1. The summed E-state index contributed by atoms with van der Waals surface area (Å²) in [6.45, 7) is 1.70. The molecule has 1 amide bonds. The summed E-state index contributed by atoms with van der Waals surface area (Å²) < 4.78 is 33.9. The molecule has 6 nitrogen and oxygen atoms in total. The zero-order valence-electron chi connectivity index (χ0n) is 16.7. The molecule has 160 valence electrons. The van der Waals surface area contributed by atoms with Crippen LogP contribution in [0.1, 0.15) is 31.2 Å². The molecule has 30 heavy (non-hydrogen) atoms. The van der Waals surface area contributed by atoms with E-state index in [1.807, 2.05) is 18.2 Å². The Labute approximate surface area is 186 Å². The Bertz CT molecular complexity index is 1020. The number of fused-ring (bicyclic) bond motifs is 1. The zero-order chi connectivity index (χ0) is 21.1. The first-order valence-corrected chi connectivity index (χ1v) is 12.5. The first-order chi connectivity index (χ1) is 14.4. The minimum Gasteiger partial charge on any atom is -0.484 e. The summed E-state index contributed by atoms with van der Waals surface area (Å²) >= 11 is 3.46. The van der Waals surface area contributed by atoms with Crippen molar-refractivity contribution in [2.75, 3.05) is 31.1 Å². The smallest absolute Gasteiger partial charge is 0.264 e. The van der Waals surface area contributed by atoms with E-state index >= 15 is 0 Å². The Hall–Kier alpha value is -1.90. The molecule has 0 saturated carbocycles. The highest BCUT2D eigenvalue weighted by Gasteiger charge is 2.26. The largest absolute Gasteiger partial charge is 0.484 e. The Morgan fingerprint density at radius 1 is 0.967 bits per heavy atom. The number of nitrogens with zero attached hydrogens (tertiary/aromatic N) is 2. The molecule has 2 aromatic carbocycles. The van der Waals surface area contributed by atoms with Crippen LogP contribution in [0.5, 0.6) is 5.75 Å². The molecular formula is C22H25BrN2O4S. The van der Waals surface area contributed by atoms with Gasteiger partial charge in [0, 0.05) is 29.8 Å². The van der Waals surface area contributed by atoms with Crippen molar-refractivity contribution >= 4 is 37.5 Å². The Kier molecular flexibility index (Phi) is 6.46. The van der Waals surface area contributed by atoms with Gasteiger partial charge >= 0.3 is 0 Å². The highest BCUT2D eigenvalue weighted by Crippen LogP contribution is 2.30. The van der Waals surface area contributed by atoms with E-state index in [1.165, 1.54) is 0 Å². The van der Waals surface area contributed by atoms with Gasteiger partial charge in [0.1, 0.15) is 5.75 Å². The minimum absolute atomic E-state index is 0.0896. The molecule has 4 rings (SSSR count). The van der Waals surface area contributed by atoms with Crippen LogP contribution in [0.15, 0.2) is 51.8 Å². The van der Waals surface area contributed by atoms with Crippen LogP contribution in [0.4, 0.5) is 5.69 Å². The molecule has 0 radical (unpaired) electrons. The summed E-state index contributed by atoms with van der Waals surface area (Å²) in [7, 11) is -3.48. The lowest BCUT2D eigenvalue weighted by Crippen LogP contribution is -2.33. The van der Waals surface area contributed by atoms with E-state index in [4.69, 9.17) is 4.74 Å². The van der Waals surface area contributed by atoms with Crippen LogP contribution in [0.25, 0.3) is 0 Å². The van der Waals surface area contributed by atoms with E-state index in [2.05, 4.69) is 15.9 Å². The van der Waals surface area contributed by atoms with Crippen molar-refractivity contribution in [1.82, 2.24) is 4.31 Å². The van der Waals surface area contributed by atoms with Crippen molar-refractivity contribution in [3.8, 4) is 5.75 Å². The molecule has 0 atom stereocenters. The van der Waals surface area contributed by atoms with Gasteiger partial charge in [-0.2, -0.15) is 4.31 Å². The number of hydrogen-bond donors (Lipinski definition) is 0. The van der Waals surface area contributed by atoms with Gasteiger partial charge in [-0.15, -0.1) is 0 Å². The summed E-state index contributed by atoms with van der Waals surface area (Å²) in [5, 5.41) is 0. The molecule has 2 heterocycles. The predicted molar refractivity (Wildman–Crippen MR) is 119 cm³/mol. The number of rotatable bonds is 5. The topological polar surface area (TPSA) is 66.9 Å². The molecule has 2 aliphatic heterocycles. The second kappa shape index (κ2) is 9.08. The van der Waals surface area contributed by atoms with Gasteiger partial charge in [-0.1, -0.05) is 28.8 Å². The average Bonchev–Trinajstić information content (AvgIpc) is 2.96. The molecule has 0 spiro atoms. The van der Waals surface area contributed by atoms with Gasteiger partial charge in [-0.3, -0.25) is 4.79 Å².